The number of hydrogen-bond acceptors (Lipinski definition) is 6. The number of carbonyl (C=O) groups excluding carboxylic acids is 1. The van der Waals surface area contributed by atoms with E-state index in [9.17, 15) is 13.2 Å². The Kier molecular flexibility index (Phi) is 5.26. The van der Waals surface area contributed by atoms with Crippen LogP contribution >= 0.6 is 11.3 Å². The van der Waals surface area contributed by atoms with Crippen molar-refractivity contribution < 1.29 is 17.9 Å². The lowest BCUT2D eigenvalue weighted by molar-refractivity contribution is 0.0928. The standard InChI is InChI=1S/C19H23N3O4S2/c1-12-3-13(2)5-15(4-12)28(24,25)22-7-16-14(9-26-18(16)8-22)6-20-19(23)17-10-27-11-21-17/h3-5,10-11,14,16,18H,6-9H2,1-2H3,(H,20,23)/t14-,16+,18+/m0/s1. The highest BCUT2D eigenvalue weighted by atomic mass is 32.2. The number of thiazole rings is 1. The number of aromatic nitrogens is 1. The van der Waals surface area contributed by atoms with Gasteiger partial charge in [0.1, 0.15) is 5.69 Å². The molecule has 0 radical (unpaired) electrons. The summed E-state index contributed by atoms with van der Waals surface area (Å²) in [5.41, 5.74) is 3.88. The second kappa shape index (κ2) is 7.55. The smallest absolute Gasteiger partial charge is 0.270 e. The molecule has 4 rings (SSSR count). The number of carbonyl (C=O) groups is 1. The van der Waals surface area contributed by atoms with Crippen LogP contribution < -0.4 is 5.32 Å². The largest absolute Gasteiger partial charge is 0.376 e. The second-order valence-electron chi connectivity index (χ2n) is 7.52. The maximum Gasteiger partial charge on any atom is 0.270 e. The number of nitrogens with one attached hydrogen (secondary N) is 1. The van der Waals surface area contributed by atoms with Gasteiger partial charge in [-0.1, -0.05) is 6.07 Å². The van der Waals surface area contributed by atoms with Gasteiger partial charge in [-0.05, 0) is 37.1 Å². The fourth-order valence-corrected chi connectivity index (χ4v) is 6.25. The number of benzene rings is 1. The second-order valence-corrected chi connectivity index (χ2v) is 10.2. The number of fused-ring (bicyclic) bond motifs is 1. The predicted octanol–water partition coefficient (Wildman–Crippen LogP) is 1.83. The highest BCUT2D eigenvalue weighted by Crippen LogP contribution is 2.36. The Bertz CT molecular complexity index is 955. The van der Waals surface area contributed by atoms with Gasteiger partial charge in [0, 0.05) is 36.9 Å². The van der Waals surface area contributed by atoms with Crippen LogP contribution in [-0.4, -0.2) is 56.0 Å². The van der Waals surface area contributed by atoms with E-state index in [-0.39, 0.29) is 23.8 Å². The first-order chi connectivity index (χ1) is 13.3. The fourth-order valence-electron chi connectivity index (χ4n) is 4.04. The van der Waals surface area contributed by atoms with Crippen molar-refractivity contribution >= 4 is 27.3 Å². The molecule has 2 aromatic rings. The van der Waals surface area contributed by atoms with Gasteiger partial charge in [0.15, 0.2) is 0 Å². The summed E-state index contributed by atoms with van der Waals surface area (Å²) in [5, 5.41) is 4.60. The Morgan fingerprint density at radius 3 is 2.71 bits per heavy atom. The van der Waals surface area contributed by atoms with Gasteiger partial charge in [-0.15, -0.1) is 11.3 Å². The van der Waals surface area contributed by atoms with Gasteiger partial charge in [-0.2, -0.15) is 4.31 Å². The minimum absolute atomic E-state index is 0.0800. The molecule has 1 amide bonds. The van der Waals surface area contributed by atoms with Crippen molar-refractivity contribution in [2.24, 2.45) is 11.8 Å². The first kappa shape index (κ1) is 19.5. The van der Waals surface area contributed by atoms with Gasteiger partial charge in [0.2, 0.25) is 10.0 Å². The Morgan fingerprint density at radius 2 is 2.04 bits per heavy atom. The van der Waals surface area contributed by atoms with Crippen molar-refractivity contribution in [2.45, 2.75) is 24.8 Å². The van der Waals surface area contributed by atoms with Crippen LogP contribution in [0, 0.1) is 25.7 Å². The van der Waals surface area contributed by atoms with E-state index in [1.54, 1.807) is 23.0 Å². The number of hydrogen-bond donors (Lipinski definition) is 1. The van der Waals surface area contributed by atoms with Crippen molar-refractivity contribution in [1.82, 2.24) is 14.6 Å². The molecule has 3 atom stereocenters. The van der Waals surface area contributed by atoms with Crippen LogP contribution in [-0.2, 0) is 14.8 Å². The van der Waals surface area contributed by atoms with E-state index >= 15 is 0 Å². The molecule has 3 heterocycles. The molecule has 9 heteroatoms. The first-order valence-corrected chi connectivity index (χ1v) is 11.6. The van der Waals surface area contributed by atoms with Crippen molar-refractivity contribution in [1.29, 1.82) is 0 Å². The van der Waals surface area contributed by atoms with Gasteiger partial charge in [-0.3, -0.25) is 4.79 Å². The molecule has 0 spiro atoms. The molecular formula is C19H23N3O4S2. The number of amides is 1. The van der Waals surface area contributed by atoms with Gasteiger partial charge in [-0.25, -0.2) is 13.4 Å². The van der Waals surface area contributed by atoms with Crippen LogP contribution in [0.3, 0.4) is 0 Å². The Balaban J connectivity index is 1.43. The molecule has 0 unspecified atom stereocenters. The zero-order valence-corrected chi connectivity index (χ0v) is 17.4. The van der Waals surface area contributed by atoms with E-state index in [0.29, 0.717) is 36.8 Å². The summed E-state index contributed by atoms with van der Waals surface area (Å²) in [7, 11) is -3.56. The number of rotatable bonds is 5. The highest BCUT2D eigenvalue weighted by molar-refractivity contribution is 7.89. The topological polar surface area (TPSA) is 88.6 Å². The summed E-state index contributed by atoms with van der Waals surface area (Å²) in [6, 6.07) is 5.38. The van der Waals surface area contributed by atoms with E-state index in [1.165, 1.54) is 15.6 Å². The van der Waals surface area contributed by atoms with Crippen molar-refractivity contribution in [3.8, 4) is 0 Å². The fraction of sp³-hybridized carbons (Fsp3) is 0.474. The van der Waals surface area contributed by atoms with Crippen LogP contribution in [0.25, 0.3) is 0 Å². The normalized spacial score (nSPS) is 25.0. The quantitative estimate of drug-likeness (QED) is 0.796. The van der Waals surface area contributed by atoms with Crippen molar-refractivity contribution in [2.75, 3.05) is 26.2 Å². The molecule has 2 fully saturated rings. The van der Waals surface area contributed by atoms with Crippen LogP contribution in [0.4, 0.5) is 0 Å². The molecule has 1 N–H and O–H groups in total. The monoisotopic (exact) mass is 421 g/mol. The van der Waals surface area contributed by atoms with Gasteiger partial charge in [0.05, 0.1) is 23.1 Å². The van der Waals surface area contributed by atoms with E-state index in [0.717, 1.165) is 11.1 Å². The first-order valence-electron chi connectivity index (χ1n) is 9.21. The molecule has 0 aliphatic carbocycles. The molecule has 2 aliphatic heterocycles. The molecule has 0 bridgehead atoms. The lowest BCUT2D eigenvalue weighted by Crippen LogP contribution is -2.35. The third-order valence-electron chi connectivity index (χ3n) is 5.43. The molecule has 1 aromatic heterocycles. The highest BCUT2D eigenvalue weighted by Gasteiger charge is 2.47. The predicted molar refractivity (Wildman–Crippen MR) is 106 cm³/mol. The third kappa shape index (κ3) is 3.71. The van der Waals surface area contributed by atoms with Gasteiger partial charge in [0.25, 0.3) is 5.91 Å². The number of sulfonamides is 1. The van der Waals surface area contributed by atoms with Crippen molar-refractivity contribution in [3.05, 3.63) is 45.9 Å². The Labute approximate surface area is 168 Å². The summed E-state index contributed by atoms with van der Waals surface area (Å²) in [4.78, 5) is 16.5. The zero-order valence-electron chi connectivity index (χ0n) is 15.8. The summed E-state index contributed by atoms with van der Waals surface area (Å²) < 4.78 is 33.6. The Hall–Kier alpha value is -1.81. The lowest BCUT2D eigenvalue weighted by Gasteiger charge is -2.20. The summed E-state index contributed by atoms with van der Waals surface area (Å²) in [5.74, 6) is -0.0362. The van der Waals surface area contributed by atoms with E-state index < -0.39 is 10.0 Å². The summed E-state index contributed by atoms with van der Waals surface area (Å²) in [6.07, 6.45) is -0.123. The molecule has 150 valence electrons. The van der Waals surface area contributed by atoms with Crippen LogP contribution in [0.2, 0.25) is 0 Å². The average Bonchev–Trinajstić information content (AvgIpc) is 3.36. The summed E-state index contributed by atoms with van der Waals surface area (Å²) >= 11 is 1.37. The van der Waals surface area contributed by atoms with Gasteiger partial charge >= 0.3 is 0 Å². The molecule has 2 aliphatic rings. The molecule has 1 aromatic carbocycles. The number of aryl methyl sites for hydroxylation is 2. The number of ether oxygens (including phenoxy) is 1. The van der Waals surface area contributed by atoms with E-state index in [2.05, 4.69) is 10.3 Å². The van der Waals surface area contributed by atoms with Crippen LogP contribution in [0.15, 0.2) is 34.0 Å². The summed E-state index contributed by atoms with van der Waals surface area (Å²) in [6.45, 7) is 5.55. The minimum atomic E-state index is -3.56. The molecule has 0 saturated carbocycles. The Morgan fingerprint density at radius 1 is 1.29 bits per heavy atom. The van der Waals surface area contributed by atoms with Crippen molar-refractivity contribution in [3.63, 3.8) is 0 Å². The zero-order chi connectivity index (χ0) is 19.9. The van der Waals surface area contributed by atoms with Gasteiger partial charge < -0.3 is 10.1 Å². The molecule has 7 nitrogen and oxygen atoms in total. The lowest BCUT2D eigenvalue weighted by atomic mass is 9.93. The maximum atomic E-state index is 13.1. The van der Waals surface area contributed by atoms with E-state index in [1.807, 2.05) is 19.9 Å². The van der Waals surface area contributed by atoms with E-state index in [4.69, 9.17) is 4.74 Å². The SMILES string of the molecule is Cc1cc(C)cc(S(=O)(=O)N2C[C@@H]3[C@@H](CNC(=O)c4cscn4)CO[C@@H]3C2)c1. The molecule has 2 saturated heterocycles. The minimum Gasteiger partial charge on any atom is -0.376 e. The van der Waals surface area contributed by atoms with Crippen LogP contribution in [0.5, 0.6) is 0 Å². The average molecular weight is 422 g/mol. The number of nitrogens with zero attached hydrogens (tertiary/aromatic N) is 2. The third-order valence-corrected chi connectivity index (χ3v) is 7.82. The molecular weight excluding hydrogens is 398 g/mol. The van der Waals surface area contributed by atoms with Crippen LogP contribution in [0.1, 0.15) is 21.6 Å². The maximum absolute atomic E-state index is 13.1. The molecule has 28 heavy (non-hydrogen) atoms.